The van der Waals surface area contributed by atoms with Crippen LogP contribution in [0.25, 0.3) is 10.9 Å². The number of nitrogens with zero attached hydrogens (tertiary/aromatic N) is 2. The molecule has 7 nitrogen and oxygen atoms in total. The molecule has 166 valence electrons. The average Bonchev–Trinajstić information content (AvgIpc) is 3.18. The van der Waals surface area contributed by atoms with Gasteiger partial charge in [0.1, 0.15) is 17.4 Å². The van der Waals surface area contributed by atoms with E-state index in [1.54, 1.807) is 12.0 Å². The zero-order valence-corrected chi connectivity index (χ0v) is 18.3. The van der Waals surface area contributed by atoms with Gasteiger partial charge < -0.3 is 24.7 Å². The van der Waals surface area contributed by atoms with Gasteiger partial charge in [0.25, 0.3) is 0 Å². The van der Waals surface area contributed by atoms with Crippen molar-refractivity contribution in [3.63, 3.8) is 0 Å². The van der Waals surface area contributed by atoms with E-state index in [0.717, 1.165) is 34.5 Å². The number of amides is 2. The van der Waals surface area contributed by atoms with Gasteiger partial charge in [-0.3, -0.25) is 9.59 Å². The van der Waals surface area contributed by atoms with Crippen molar-refractivity contribution in [2.45, 2.75) is 38.0 Å². The summed E-state index contributed by atoms with van der Waals surface area (Å²) in [6.07, 6.45) is 3.29. The van der Waals surface area contributed by atoms with Crippen LogP contribution in [0.15, 0.2) is 54.7 Å². The van der Waals surface area contributed by atoms with Crippen LogP contribution >= 0.6 is 0 Å². The zero-order valence-electron chi connectivity index (χ0n) is 18.3. The molecule has 1 saturated heterocycles. The lowest BCUT2D eigenvalue weighted by Crippen LogP contribution is -2.64. The first-order valence-electron chi connectivity index (χ1n) is 10.9. The van der Waals surface area contributed by atoms with Crippen LogP contribution in [-0.2, 0) is 16.1 Å². The van der Waals surface area contributed by atoms with Crippen LogP contribution in [0.1, 0.15) is 31.2 Å². The number of ether oxygens (including phenoxy) is 2. The van der Waals surface area contributed by atoms with Gasteiger partial charge in [0.15, 0.2) is 5.72 Å². The fraction of sp³-hybridized carbons (Fsp3) is 0.360. The summed E-state index contributed by atoms with van der Waals surface area (Å²) >= 11 is 0. The van der Waals surface area contributed by atoms with Gasteiger partial charge in [-0.05, 0) is 43.2 Å². The second-order valence-electron chi connectivity index (χ2n) is 8.75. The number of methoxy groups -OCH3 is 1. The number of rotatable bonds is 6. The largest absolute Gasteiger partial charge is 0.496 e. The Balaban J connectivity index is 1.39. The van der Waals surface area contributed by atoms with Crippen LogP contribution in [0.5, 0.6) is 11.5 Å². The summed E-state index contributed by atoms with van der Waals surface area (Å²) in [6.45, 7) is 3.12. The number of aromatic nitrogens is 1. The Kier molecular flexibility index (Phi) is 4.84. The van der Waals surface area contributed by atoms with Gasteiger partial charge >= 0.3 is 0 Å². The second kappa shape index (κ2) is 7.58. The number of hydrogen-bond acceptors (Lipinski definition) is 4. The number of nitrogens with two attached hydrogens (primary N) is 1. The molecular weight excluding hydrogens is 406 g/mol. The third-order valence-corrected chi connectivity index (χ3v) is 6.83. The van der Waals surface area contributed by atoms with Gasteiger partial charge in [-0.15, -0.1) is 0 Å². The molecule has 1 fully saturated rings. The quantitative estimate of drug-likeness (QED) is 0.605. The second-order valence-corrected chi connectivity index (χ2v) is 8.75. The Hall–Kier alpha value is -3.48. The topological polar surface area (TPSA) is 86.8 Å². The Labute approximate surface area is 186 Å². The fourth-order valence-electron chi connectivity index (χ4n) is 5.35. The maximum atomic E-state index is 13.4. The minimum Gasteiger partial charge on any atom is -0.496 e. The smallest absolute Gasteiger partial charge is 0.238 e. The summed E-state index contributed by atoms with van der Waals surface area (Å²) in [5, 5.41) is 1.06. The van der Waals surface area contributed by atoms with Crippen LogP contribution in [0.4, 0.5) is 0 Å². The van der Waals surface area contributed by atoms with E-state index in [1.807, 2.05) is 55.6 Å². The van der Waals surface area contributed by atoms with Crippen molar-refractivity contribution in [2.24, 2.45) is 11.7 Å². The van der Waals surface area contributed by atoms with Crippen LogP contribution in [0, 0.1) is 5.92 Å². The van der Waals surface area contributed by atoms with E-state index in [2.05, 4.69) is 10.6 Å². The lowest BCUT2D eigenvalue weighted by atomic mass is 9.73. The Morgan fingerprint density at radius 2 is 2.00 bits per heavy atom. The average molecular weight is 434 g/mol. The van der Waals surface area contributed by atoms with Crippen molar-refractivity contribution >= 4 is 22.7 Å². The maximum Gasteiger partial charge on any atom is 0.238 e. The molecule has 3 heterocycles. The minimum atomic E-state index is -0.871. The standard InChI is InChI=1S/C25H27N3O4/c1-25-15-18(16-7-3-4-9-21(16)32-25)22(23(26)29)24(30)28(25)13-6-12-27-14-11-17-19(27)8-5-10-20(17)31-2/h3-5,7-11,14,18,22H,6,12-13,15H2,1-2H3,(H2,26,29)/t18-,22+,25+/m0/s1. The summed E-state index contributed by atoms with van der Waals surface area (Å²) in [5.74, 6) is -0.392. The fourth-order valence-corrected chi connectivity index (χ4v) is 5.35. The lowest BCUT2D eigenvalue weighted by Gasteiger charge is -2.52. The number of carbonyl (C=O) groups is 2. The first-order chi connectivity index (χ1) is 15.4. The van der Waals surface area contributed by atoms with Crippen molar-refractivity contribution in [1.82, 2.24) is 9.47 Å². The maximum absolute atomic E-state index is 13.4. The van der Waals surface area contributed by atoms with E-state index in [-0.39, 0.29) is 11.8 Å². The molecule has 2 aliphatic rings. The van der Waals surface area contributed by atoms with Gasteiger partial charge in [0, 0.05) is 37.0 Å². The molecule has 0 unspecified atom stereocenters. The van der Waals surface area contributed by atoms with Gasteiger partial charge in [-0.2, -0.15) is 0 Å². The normalized spacial score (nSPS) is 24.2. The van der Waals surface area contributed by atoms with E-state index in [4.69, 9.17) is 15.2 Å². The molecule has 0 spiro atoms. The summed E-state index contributed by atoms with van der Waals surface area (Å²) in [4.78, 5) is 27.4. The molecule has 5 rings (SSSR count). The third-order valence-electron chi connectivity index (χ3n) is 6.83. The molecule has 0 aliphatic carbocycles. The Morgan fingerprint density at radius 1 is 1.19 bits per heavy atom. The van der Waals surface area contributed by atoms with Gasteiger partial charge in [0.2, 0.25) is 11.8 Å². The molecule has 7 heteroatoms. The van der Waals surface area contributed by atoms with Crippen molar-refractivity contribution in [1.29, 1.82) is 0 Å². The highest BCUT2D eigenvalue weighted by Gasteiger charge is 2.55. The van der Waals surface area contributed by atoms with E-state index in [0.29, 0.717) is 19.4 Å². The summed E-state index contributed by atoms with van der Waals surface area (Å²) < 4.78 is 13.9. The van der Waals surface area contributed by atoms with Crippen molar-refractivity contribution in [3.05, 3.63) is 60.3 Å². The number of primary amides is 1. The van der Waals surface area contributed by atoms with Crippen LogP contribution < -0.4 is 15.2 Å². The zero-order chi connectivity index (χ0) is 22.5. The summed E-state index contributed by atoms with van der Waals surface area (Å²) in [7, 11) is 1.67. The van der Waals surface area contributed by atoms with E-state index in [9.17, 15) is 9.59 Å². The minimum absolute atomic E-state index is 0.246. The molecule has 2 aromatic carbocycles. The Bertz CT molecular complexity index is 1200. The van der Waals surface area contributed by atoms with Crippen LogP contribution in [0.2, 0.25) is 0 Å². The molecule has 2 aliphatic heterocycles. The van der Waals surface area contributed by atoms with Crippen molar-refractivity contribution in [2.75, 3.05) is 13.7 Å². The summed E-state index contributed by atoms with van der Waals surface area (Å²) in [5.41, 5.74) is 6.87. The number of piperidine rings is 1. The number of hydrogen-bond donors (Lipinski definition) is 1. The van der Waals surface area contributed by atoms with Crippen LogP contribution in [-0.4, -0.2) is 40.7 Å². The van der Waals surface area contributed by atoms with Gasteiger partial charge in [-0.1, -0.05) is 24.3 Å². The lowest BCUT2D eigenvalue weighted by molar-refractivity contribution is -0.175. The molecule has 3 aromatic rings. The highest BCUT2D eigenvalue weighted by Crippen LogP contribution is 2.50. The molecular formula is C25H27N3O4. The molecule has 2 amide bonds. The predicted molar refractivity (Wildman–Crippen MR) is 120 cm³/mol. The highest BCUT2D eigenvalue weighted by molar-refractivity contribution is 6.01. The first-order valence-corrected chi connectivity index (χ1v) is 10.9. The first kappa shape index (κ1) is 20.4. The number of fused-ring (bicyclic) bond motifs is 5. The van der Waals surface area contributed by atoms with E-state index >= 15 is 0 Å². The van der Waals surface area contributed by atoms with Crippen molar-refractivity contribution in [3.8, 4) is 11.5 Å². The van der Waals surface area contributed by atoms with E-state index < -0.39 is 17.6 Å². The number of benzene rings is 2. The molecule has 2 bridgehead atoms. The molecule has 3 atom stereocenters. The molecule has 0 saturated carbocycles. The number of carbonyl (C=O) groups excluding carboxylic acids is 2. The SMILES string of the molecule is COc1cccc2c1ccn2CCCN1C(=O)[C@@H](C(N)=O)[C@H]2C[C@@]1(C)Oc1ccccc12. The van der Waals surface area contributed by atoms with Crippen molar-refractivity contribution < 1.29 is 19.1 Å². The number of likely N-dealkylation sites (tertiary alicyclic amines) is 1. The highest BCUT2D eigenvalue weighted by atomic mass is 16.5. The third kappa shape index (κ3) is 3.11. The van der Waals surface area contributed by atoms with Crippen LogP contribution in [0.3, 0.4) is 0 Å². The number of aryl methyl sites for hydroxylation is 1. The Morgan fingerprint density at radius 3 is 2.78 bits per heavy atom. The molecule has 1 aromatic heterocycles. The van der Waals surface area contributed by atoms with E-state index in [1.165, 1.54) is 0 Å². The summed E-state index contributed by atoms with van der Waals surface area (Å²) in [6, 6.07) is 15.6. The van der Waals surface area contributed by atoms with Gasteiger partial charge in [-0.25, -0.2) is 0 Å². The van der Waals surface area contributed by atoms with Gasteiger partial charge in [0.05, 0.1) is 12.6 Å². The molecule has 0 radical (unpaired) electrons. The predicted octanol–water partition coefficient (Wildman–Crippen LogP) is 3.27. The molecule has 32 heavy (non-hydrogen) atoms. The monoisotopic (exact) mass is 433 g/mol. The molecule has 2 N–H and O–H groups in total. The number of para-hydroxylation sites is 1.